The van der Waals surface area contributed by atoms with Gasteiger partial charge in [0.1, 0.15) is 12.2 Å². The Labute approximate surface area is 82.9 Å². The van der Waals surface area contributed by atoms with Crippen molar-refractivity contribution in [1.82, 2.24) is 0 Å². The molecule has 0 saturated heterocycles. The molecule has 0 aliphatic rings. The summed E-state index contributed by atoms with van der Waals surface area (Å²) >= 11 is 0. The van der Waals surface area contributed by atoms with Crippen molar-refractivity contribution in [2.75, 3.05) is 6.61 Å². The van der Waals surface area contributed by atoms with Crippen molar-refractivity contribution in [1.29, 1.82) is 0 Å². The van der Waals surface area contributed by atoms with Crippen LogP contribution >= 0.6 is 0 Å². The molecule has 0 bridgehead atoms. The van der Waals surface area contributed by atoms with Crippen molar-refractivity contribution >= 4 is 0 Å². The zero-order valence-corrected chi connectivity index (χ0v) is 7.95. The topological polar surface area (TPSA) is 101 Å². The molecule has 0 radical (unpaired) electrons. The van der Waals surface area contributed by atoms with Gasteiger partial charge in [0.05, 0.1) is 18.8 Å². The number of aliphatic hydroxyl groups is 5. The Morgan fingerprint density at radius 3 is 2.07 bits per heavy atom. The summed E-state index contributed by atoms with van der Waals surface area (Å²) in [5.74, 6) is 0. The lowest BCUT2D eigenvalue weighted by Crippen LogP contribution is -2.41. The summed E-state index contributed by atoms with van der Waals surface area (Å²) in [7, 11) is 0. The highest BCUT2D eigenvalue weighted by atomic mass is 16.4. The third-order valence-electron chi connectivity index (χ3n) is 1.93. The molecular weight excluding hydrogens is 188 g/mol. The largest absolute Gasteiger partial charge is 0.394 e. The first-order valence-electron chi connectivity index (χ1n) is 4.47. The summed E-state index contributed by atoms with van der Waals surface area (Å²) in [6, 6.07) is 0. The number of hydrogen-bond acceptors (Lipinski definition) is 5. The Morgan fingerprint density at radius 2 is 1.64 bits per heavy atom. The number of rotatable bonds is 7. The molecule has 0 heterocycles. The monoisotopic (exact) mass is 206 g/mol. The van der Waals surface area contributed by atoms with E-state index in [2.05, 4.69) is 6.58 Å². The molecule has 0 aromatic rings. The standard InChI is InChI=1S/C9H18O5/c1-2-3-6(11)4-7(12)9(14)8(13)5-10/h2,6-14H,1,3-5H2/t6-,7-,8-,9+/m1/s1. The van der Waals surface area contributed by atoms with Crippen molar-refractivity contribution in [3.05, 3.63) is 12.7 Å². The molecule has 5 N–H and O–H groups in total. The van der Waals surface area contributed by atoms with Crippen LogP contribution in [0.25, 0.3) is 0 Å². The van der Waals surface area contributed by atoms with E-state index in [0.717, 1.165) is 0 Å². The van der Waals surface area contributed by atoms with Crippen molar-refractivity contribution in [2.24, 2.45) is 0 Å². The first-order valence-corrected chi connectivity index (χ1v) is 4.47. The predicted molar refractivity (Wildman–Crippen MR) is 50.5 cm³/mol. The van der Waals surface area contributed by atoms with Crippen LogP contribution in [0.1, 0.15) is 12.8 Å². The highest BCUT2D eigenvalue weighted by Gasteiger charge is 2.25. The molecule has 5 heteroatoms. The van der Waals surface area contributed by atoms with E-state index in [4.69, 9.17) is 10.2 Å². The van der Waals surface area contributed by atoms with E-state index in [0.29, 0.717) is 6.42 Å². The Morgan fingerprint density at radius 1 is 1.07 bits per heavy atom. The van der Waals surface area contributed by atoms with E-state index in [9.17, 15) is 15.3 Å². The second-order valence-electron chi connectivity index (χ2n) is 3.22. The second kappa shape index (κ2) is 6.92. The fraction of sp³-hybridized carbons (Fsp3) is 0.778. The van der Waals surface area contributed by atoms with Gasteiger partial charge in [0.15, 0.2) is 0 Å². The summed E-state index contributed by atoms with van der Waals surface area (Å²) in [5, 5.41) is 45.2. The van der Waals surface area contributed by atoms with Gasteiger partial charge in [0.2, 0.25) is 0 Å². The number of aliphatic hydroxyl groups excluding tert-OH is 5. The molecule has 0 aliphatic carbocycles. The lowest BCUT2D eigenvalue weighted by molar-refractivity contribution is -0.0874. The predicted octanol–water partition coefficient (Wildman–Crippen LogP) is -1.61. The third kappa shape index (κ3) is 4.69. The summed E-state index contributed by atoms with van der Waals surface area (Å²) in [6.07, 6.45) is -3.16. The van der Waals surface area contributed by atoms with Gasteiger partial charge >= 0.3 is 0 Å². The molecule has 0 spiro atoms. The third-order valence-corrected chi connectivity index (χ3v) is 1.93. The minimum Gasteiger partial charge on any atom is -0.394 e. The van der Waals surface area contributed by atoms with Crippen molar-refractivity contribution in [3.8, 4) is 0 Å². The smallest absolute Gasteiger partial charge is 0.108 e. The first-order chi connectivity index (χ1) is 6.52. The van der Waals surface area contributed by atoms with E-state index in [1.54, 1.807) is 0 Å². The maximum absolute atomic E-state index is 9.30. The molecular formula is C9H18O5. The van der Waals surface area contributed by atoms with Crippen LogP contribution in [-0.2, 0) is 0 Å². The van der Waals surface area contributed by atoms with Crippen LogP contribution in [0.5, 0.6) is 0 Å². The van der Waals surface area contributed by atoms with E-state index < -0.39 is 31.0 Å². The van der Waals surface area contributed by atoms with Gasteiger partial charge in [-0.15, -0.1) is 6.58 Å². The summed E-state index contributed by atoms with van der Waals surface area (Å²) in [5.41, 5.74) is 0. The van der Waals surface area contributed by atoms with Crippen LogP contribution in [-0.4, -0.2) is 56.6 Å². The van der Waals surface area contributed by atoms with Crippen molar-refractivity contribution in [2.45, 2.75) is 37.3 Å². The van der Waals surface area contributed by atoms with Crippen molar-refractivity contribution < 1.29 is 25.5 Å². The molecule has 0 rings (SSSR count). The maximum Gasteiger partial charge on any atom is 0.108 e. The summed E-state index contributed by atoms with van der Waals surface area (Å²) < 4.78 is 0. The van der Waals surface area contributed by atoms with Gasteiger partial charge in [-0.1, -0.05) is 6.08 Å². The van der Waals surface area contributed by atoms with Crippen LogP contribution < -0.4 is 0 Å². The van der Waals surface area contributed by atoms with Gasteiger partial charge in [-0.25, -0.2) is 0 Å². The molecule has 0 amide bonds. The minimum atomic E-state index is -1.44. The quantitative estimate of drug-likeness (QED) is 0.323. The molecule has 0 aromatic heterocycles. The Balaban J connectivity index is 3.93. The normalized spacial score (nSPS) is 19.8. The SMILES string of the molecule is C=CC[C@@H](O)C[C@@H](O)[C@H](O)[C@H](O)CO. The summed E-state index contributed by atoms with van der Waals surface area (Å²) in [6.45, 7) is 2.78. The van der Waals surface area contributed by atoms with Gasteiger partial charge < -0.3 is 25.5 Å². The molecule has 0 aromatic carbocycles. The minimum absolute atomic E-state index is 0.0652. The zero-order valence-electron chi connectivity index (χ0n) is 7.95. The van der Waals surface area contributed by atoms with Gasteiger partial charge in [-0.3, -0.25) is 0 Å². The van der Waals surface area contributed by atoms with Crippen molar-refractivity contribution in [3.63, 3.8) is 0 Å². The molecule has 5 nitrogen and oxygen atoms in total. The van der Waals surface area contributed by atoms with Crippen LogP contribution in [0.4, 0.5) is 0 Å². The van der Waals surface area contributed by atoms with Crippen LogP contribution in [0.3, 0.4) is 0 Å². The van der Waals surface area contributed by atoms with Gasteiger partial charge in [-0.05, 0) is 6.42 Å². The molecule has 84 valence electrons. The summed E-state index contributed by atoms with van der Waals surface area (Å²) in [4.78, 5) is 0. The molecule has 0 saturated carbocycles. The Hall–Kier alpha value is -0.460. The fourth-order valence-electron chi connectivity index (χ4n) is 1.07. The van der Waals surface area contributed by atoms with Crippen LogP contribution in [0, 0.1) is 0 Å². The zero-order chi connectivity index (χ0) is 11.1. The lowest BCUT2D eigenvalue weighted by Gasteiger charge is -2.23. The number of hydrogen-bond donors (Lipinski definition) is 5. The van der Waals surface area contributed by atoms with E-state index in [1.807, 2.05) is 0 Å². The highest BCUT2D eigenvalue weighted by Crippen LogP contribution is 2.09. The second-order valence-corrected chi connectivity index (χ2v) is 3.22. The van der Waals surface area contributed by atoms with Crippen LogP contribution in [0.2, 0.25) is 0 Å². The van der Waals surface area contributed by atoms with E-state index >= 15 is 0 Å². The Kier molecular flexibility index (Phi) is 6.69. The fourth-order valence-corrected chi connectivity index (χ4v) is 1.07. The van der Waals surface area contributed by atoms with Gasteiger partial charge in [0, 0.05) is 6.42 Å². The average molecular weight is 206 g/mol. The molecule has 14 heavy (non-hydrogen) atoms. The van der Waals surface area contributed by atoms with Gasteiger partial charge in [-0.2, -0.15) is 0 Å². The van der Waals surface area contributed by atoms with E-state index in [-0.39, 0.29) is 6.42 Å². The molecule has 0 aliphatic heterocycles. The van der Waals surface area contributed by atoms with Gasteiger partial charge in [0.25, 0.3) is 0 Å². The first kappa shape index (κ1) is 13.5. The Bertz CT molecular complexity index is 161. The lowest BCUT2D eigenvalue weighted by atomic mass is 10.0. The van der Waals surface area contributed by atoms with E-state index in [1.165, 1.54) is 6.08 Å². The highest BCUT2D eigenvalue weighted by molar-refractivity contribution is 4.80. The van der Waals surface area contributed by atoms with Crippen LogP contribution in [0.15, 0.2) is 12.7 Å². The maximum atomic E-state index is 9.30. The average Bonchev–Trinajstić information content (AvgIpc) is 2.15. The molecule has 0 unspecified atom stereocenters. The molecule has 0 fully saturated rings. The molecule has 4 atom stereocenters.